The van der Waals surface area contributed by atoms with Crippen LogP contribution in [0.5, 0.6) is 0 Å². The van der Waals surface area contributed by atoms with Crippen LogP contribution >= 0.6 is 0 Å². The Kier molecular flexibility index (Phi) is 5.70. The topological polar surface area (TPSA) is 29.1 Å². The molecule has 0 heterocycles. The number of carbonyl (C=O) groups excluding carboxylic acids is 1. The third-order valence-corrected chi connectivity index (χ3v) is 1.40. The Morgan fingerprint density at radius 3 is 2.67 bits per heavy atom. The Hall–Kier alpha value is -1.31. The lowest BCUT2D eigenvalue weighted by Gasteiger charge is -2.02. The van der Waals surface area contributed by atoms with Crippen LogP contribution in [-0.2, 0) is 4.79 Å². The molecule has 2 heteroatoms. The number of amides is 1. The molecule has 1 N–H and O–H groups in total. The standard InChI is InChI=1S/C10H15NO.H2/c1-4-7-9(5-2)8-11-10(12)6-3;/h4-5,7H,1-2,6,8H2,3H3,(H,11,12);1H/b9-7+;. The van der Waals surface area contributed by atoms with Crippen molar-refractivity contribution in [2.45, 2.75) is 13.3 Å². The van der Waals surface area contributed by atoms with Gasteiger partial charge in [-0.2, -0.15) is 0 Å². The van der Waals surface area contributed by atoms with Crippen molar-refractivity contribution in [3.8, 4) is 0 Å². The van der Waals surface area contributed by atoms with E-state index in [1.165, 1.54) is 0 Å². The van der Waals surface area contributed by atoms with Gasteiger partial charge in [-0.25, -0.2) is 0 Å². The van der Waals surface area contributed by atoms with Crippen molar-refractivity contribution in [2.24, 2.45) is 0 Å². The van der Waals surface area contributed by atoms with Crippen molar-refractivity contribution in [1.82, 2.24) is 5.32 Å². The van der Waals surface area contributed by atoms with Crippen LogP contribution in [0.3, 0.4) is 0 Å². The van der Waals surface area contributed by atoms with Crippen LogP contribution in [0, 0.1) is 0 Å². The average molecular weight is 167 g/mol. The monoisotopic (exact) mass is 167 g/mol. The summed E-state index contributed by atoms with van der Waals surface area (Å²) < 4.78 is 0. The quantitative estimate of drug-likeness (QED) is 0.624. The van der Waals surface area contributed by atoms with Crippen LogP contribution in [0.2, 0.25) is 0 Å². The molecule has 0 spiro atoms. The number of hydrogen-bond donors (Lipinski definition) is 1. The maximum absolute atomic E-state index is 10.8. The van der Waals surface area contributed by atoms with E-state index in [9.17, 15) is 4.79 Å². The smallest absolute Gasteiger partial charge is 0.219 e. The van der Waals surface area contributed by atoms with Gasteiger partial charge in [0.15, 0.2) is 0 Å². The van der Waals surface area contributed by atoms with Gasteiger partial charge in [-0.1, -0.05) is 38.3 Å². The molecule has 0 aliphatic rings. The molecule has 2 nitrogen and oxygen atoms in total. The fourth-order valence-corrected chi connectivity index (χ4v) is 0.676. The molecule has 0 aliphatic carbocycles. The summed E-state index contributed by atoms with van der Waals surface area (Å²) in [5.41, 5.74) is 0.965. The molecule has 0 saturated heterocycles. The molecule has 0 radical (unpaired) electrons. The van der Waals surface area contributed by atoms with E-state index in [2.05, 4.69) is 18.5 Å². The zero-order valence-corrected chi connectivity index (χ0v) is 7.47. The second-order valence-electron chi connectivity index (χ2n) is 2.31. The van der Waals surface area contributed by atoms with E-state index in [1.807, 2.05) is 13.0 Å². The molecule has 0 saturated carbocycles. The number of rotatable bonds is 5. The first-order valence-corrected chi connectivity index (χ1v) is 3.95. The van der Waals surface area contributed by atoms with Gasteiger partial charge >= 0.3 is 0 Å². The van der Waals surface area contributed by atoms with Crippen molar-refractivity contribution < 1.29 is 6.22 Å². The lowest BCUT2D eigenvalue weighted by atomic mass is 10.2. The zero-order valence-electron chi connectivity index (χ0n) is 7.47. The van der Waals surface area contributed by atoms with Crippen LogP contribution < -0.4 is 5.32 Å². The minimum atomic E-state index is 0. The van der Waals surface area contributed by atoms with E-state index in [0.29, 0.717) is 13.0 Å². The van der Waals surface area contributed by atoms with Crippen LogP contribution in [0.1, 0.15) is 14.8 Å². The molecule has 0 aromatic heterocycles. The highest BCUT2D eigenvalue weighted by Crippen LogP contribution is 1.93. The molecule has 0 rings (SSSR count). The van der Waals surface area contributed by atoms with E-state index in [0.717, 1.165) is 5.57 Å². The maximum atomic E-state index is 10.8. The third-order valence-electron chi connectivity index (χ3n) is 1.40. The molecule has 0 fully saturated rings. The number of allylic oxidation sites excluding steroid dienone is 2. The second kappa shape index (κ2) is 6.40. The lowest BCUT2D eigenvalue weighted by molar-refractivity contribution is -0.120. The van der Waals surface area contributed by atoms with Crippen molar-refractivity contribution in [2.75, 3.05) is 6.54 Å². The van der Waals surface area contributed by atoms with Gasteiger partial charge in [0.2, 0.25) is 5.91 Å². The average Bonchev–Trinajstić information content (AvgIpc) is 2.11. The zero-order chi connectivity index (χ0) is 9.40. The highest BCUT2D eigenvalue weighted by Gasteiger charge is 1.95. The van der Waals surface area contributed by atoms with E-state index in [4.69, 9.17) is 0 Å². The summed E-state index contributed by atoms with van der Waals surface area (Å²) in [5, 5.41) is 2.74. The minimum Gasteiger partial charge on any atom is -0.352 e. The van der Waals surface area contributed by atoms with Crippen LogP contribution in [-0.4, -0.2) is 12.5 Å². The van der Waals surface area contributed by atoms with Crippen molar-refractivity contribution >= 4 is 5.91 Å². The van der Waals surface area contributed by atoms with Gasteiger partial charge in [0.1, 0.15) is 0 Å². The van der Waals surface area contributed by atoms with Gasteiger partial charge in [-0.05, 0) is 5.57 Å². The van der Waals surface area contributed by atoms with Crippen molar-refractivity contribution in [3.05, 3.63) is 37.0 Å². The molecule has 1 amide bonds. The molecular formula is C10H17NO. The maximum Gasteiger partial charge on any atom is 0.219 e. The highest BCUT2D eigenvalue weighted by atomic mass is 16.1. The number of carbonyl (C=O) groups is 1. The van der Waals surface area contributed by atoms with E-state index < -0.39 is 0 Å². The highest BCUT2D eigenvalue weighted by molar-refractivity contribution is 5.75. The SMILES string of the molecule is C=C/C=C(\C=C)CNC(=O)CC.[HH]. The van der Waals surface area contributed by atoms with Crippen molar-refractivity contribution in [1.29, 1.82) is 0 Å². The molecule has 68 valence electrons. The molecule has 0 bridgehead atoms. The summed E-state index contributed by atoms with van der Waals surface area (Å²) in [4.78, 5) is 10.8. The molecule has 0 atom stereocenters. The van der Waals surface area contributed by atoms with E-state index in [-0.39, 0.29) is 7.33 Å². The summed E-state index contributed by atoms with van der Waals surface area (Å²) >= 11 is 0. The second-order valence-corrected chi connectivity index (χ2v) is 2.31. The fraction of sp³-hybridized carbons (Fsp3) is 0.300. The van der Waals surface area contributed by atoms with Crippen LogP contribution in [0.4, 0.5) is 0 Å². The first-order valence-electron chi connectivity index (χ1n) is 3.95. The van der Waals surface area contributed by atoms with Crippen molar-refractivity contribution in [3.63, 3.8) is 0 Å². The Bertz CT molecular complexity index is 209. The predicted molar refractivity (Wildman–Crippen MR) is 53.9 cm³/mol. The summed E-state index contributed by atoms with van der Waals surface area (Å²) in [6.45, 7) is 9.52. The van der Waals surface area contributed by atoms with Crippen LogP contribution in [0.25, 0.3) is 0 Å². The number of nitrogens with one attached hydrogen (secondary N) is 1. The Balaban J connectivity index is 0. The van der Waals surface area contributed by atoms with Gasteiger partial charge in [0.05, 0.1) is 0 Å². The van der Waals surface area contributed by atoms with Gasteiger partial charge in [0, 0.05) is 14.4 Å². The molecule has 0 aromatic rings. The van der Waals surface area contributed by atoms with Gasteiger partial charge in [0.25, 0.3) is 0 Å². The van der Waals surface area contributed by atoms with E-state index >= 15 is 0 Å². The molecule has 12 heavy (non-hydrogen) atoms. The number of hydrogen-bond acceptors (Lipinski definition) is 1. The summed E-state index contributed by atoms with van der Waals surface area (Å²) in [7, 11) is 0. The summed E-state index contributed by atoms with van der Waals surface area (Å²) in [5.74, 6) is 0.0480. The molecular weight excluding hydrogens is 150 g/mol. The molecule has 0 aromatic carbocycles. The van der Waals surface area contributed by atoms with E-state index in [1.54, 1.807) is 12.2 Å². The first-order chi connectivity index (χ1) is 5.74. The normalized spacial score (nSPS) is 10.6. The lowest BCUT2D eigenvalue weighted by Crippen LogP contribution is -2.23. The largest absolute Gasteiger partial charge is 0.352 e. The first kappa shape index (κ1) is 10.7. The van der Waals surface area contributed by atoms with Gasteiger partial charge in [-0.3, -0.25) is 4.79 Å². The van der Waals surface area contributed by atoms with Gasteiger partial charge in [-0.15, -0.1) is 0 Å². The molecule has 0 unspecified atom stereocenters. The fourth-order valence-electron chi connectivity index (χ4n) is 0.676. The molecule has 0 aliphatic heterocycles. The Labute approximate surface area is 75.2 Å². The summed E-state index contributed by atoms with van der Waals surface area (Å²) in [6, 6.07) is 0. The summed E-state index contributed by atoms with van der Waals surface area (Å²) in [6.07, 6.45) is 5.72. The third kappa shape index (κ3) is 4.50. The predicted octanol–water partition coefficient (Wildman–Crippen LogP) is 2.06. The Morgan fingerprint density at radius 1 is 1.58 bits per heavy atom. The minimum absolute atomic E-state index is 0. The van der Waals surface area contributed by atoms with Crippen LogP contribution in [0.15, 0.2) is 37.0 Å². The van der Waals surface area contributed by atoms with Gasteiger partial charge < -0.3 is 5.32 Å². The Morgan fingerprint density at radius 2 is 2.25 bits per heavy atom.